The molecule has 2 aromatic carbocycles. The third-order valence-electron chi connectivity index (χ3n) is 3.55. The second-order valence-corrected chi connectivity index (χ2v) is 6.00. The molecular weight excluding hydrogens is 302 g/mol. The summed E-state index contributed by atoms with van der Waals surface area (Å²) in [6.07, 6.45) is 3.04. The molecule has 4 heteroatoms. The van der Waals surface area contributed by atoms with Crippen molar-refractivity contribution in [2.75, 3.05) is 5.32 Å². The van der Waals surface area contributed by atoms with Crippen LogP contribution in [0.15, 0.2) is 42.5 Å². The van der Waals surface area contributed by atoms with Crippen LogP contribution in [0.5, 0.6) is 5.75 Å². The number of fused-ring (bicyclic) bond motifs is 1. The average molecular weight is 318 g/mol. The topological polar surface area (TPSA) is 21.3 Å². The van der Waals surface area contributed by atoms with E-state index in [0.29, 0.717) is 6.61 Å². The first-order chi connectivity index (χ1) is 10.2. The van der Waals surface area contributed by atoms with Crippen LogP contribution in [-0.2, 0) is 13.0 Å². The molecule has 1 aliphatic heterocycles. The van der Waals surface area contributed by atoms with Crippen molar-refractivity contribution in [3.8, 4) is 5.75 Å². The van der Waals surface area contributed by atoms with Crippen LogP contribution in [0.3, 0.4) is 0 Å². The predicted octanol–water partition coefficient (Wildman–Crippen LogP) is 4.99. The van der Waals surface area contributed by atoms with Crippen LogP contribution in [0.1, 0.15) is 24.0 Å². The molecule has 2 aromatic rings. The summed E-state index contributed by atoms with van der Waals surface area (Å²) < 4.78 is 5.86. The van der Waals surface area contributed by atoms with E-state index in [1.807, 2.05) is 36.4 Å². The molecule has 0 saturated carbocycles. The second-order valence-electron chi connectivity index (χ2n) is 5.10. The van der Waals surface area contributed by atoms with Gasteiger partial charge in [-0.25, -0.2) is 0 Å². The van der Waals surface area contributed by atoms with Crippen LogP contribution < -0.4 is 10.1 Å². The van der Waals surface area contributed by atoms with Crippen molar-refractivity contribution < 1.29 is 4.74 Å². The highest BCUT2D eigenvalue weighted by Crippen LogP contribution is 2.27. The number of nitrogens with one attached hydrogen (secondary N) is 1. The van der Waals surface area contributed by atoms with Crippen LogP contribution in [0.25, 0.3) is 0 Å². The average Bonchev–Trinajstić information content (AvgIpc) is 2.66. The van der Waals surface area contributed by atoms with Gasteiger partial charge in [-0.05, 0) is 49.1 Å². The summed E-state index contributed by atoms with van der Waals surface area (Å²) >= 11 is 11.4. The maximum Gasteiger partial charge on any atom is 0.120 e. The zero-order valence-corrected chi connectivity index (χ0v) is 13.1. The number of aryl methyl sites for hydroxylation is 1. The minimum absolute atomic E-state index is 0.476. The Balaban J connectivity index is 1.74. The van der Waals surface area contributed by atoms with E-state index in [1.54, 1.807) is 0 Å². The highest BCUT2D eigenvalue weighted by molar-refractivity contribution is 7.80. The molecule has 0 fully saturated rings. The minimum atomic E-state index is 0.476. The van der Waals surface area contributed by atoms with Crippen LogP contribution in [0, 0.1) is 0 Å². The van der Waals surface area contributed by atoms with Crippen molar-refractivity contribution in [1.82, 2.24) is 0 Å². The molecule has 0 radical (unpaired) electrons. The van der Waals surface area contributed by atoms with Crippen LogP contribution in [-0.4, -0.2) is 4.99 Å². The van der Waals surface area contributed by atoms with Crippen molar-refractivity contribution in [2.24, 2.45) is 0 Å². The first kappa shape index (κ1) is 14.4. The molecule has 0 saturated heterocycles. The summed E-state index contributed by atoms with van der Waals surface area (Å²) in [6, 6.07) is 13.8. The van der Waals surface area contributed by atoms with E-state index in [0.717, 1.165) is 46.3 Å². The monoisotopic (exact) mass is 317 g/mol. The molecule has 3 rings (SSSR count). The number of anilines is 1. The lowest BCUT2D eigenvalue weighted by Crippen LogP contribution is -2.06. The Kier molecular flexibility index (Phi) is 4.42. The van der Waals surface area contributed by atoms with Crippen molar-refractivity contribution in [2.45, 2.75) is 25.9 Å². The van der Waals surface area contributed by atoms with Gasteiger partial charge in [0.2, 0.25) is 0 Å². The lowest BCUT2D eigenvalue weighted by Gasteiger charge is -2.12. The van der Waals surface area contributed by atoms with E-state index in [-0.39, 0.29) is 0 Å². The van der Waals surface area contributed by atoms with E-state index in [1.165, 1.54) is 5.56 Å². The summed E-state index contributed by atoms with van der Waals surface area (Å²) in [5.41, 5.74) is 3.35. The van der Waals surface area contributed by atoms with Gasteiger partial charge in [0, 0.05) is 16.3 Å². The molecule has 1 aliphatic rings. The SMILES string of the molecule is S=C1CCCc2cc(OCc3ccccc3Cl)ccc2N1. The number of benzene rings is 2. The molecule has 0 aromatic heterocycles. The lowest BCUT2D eigenvalue weighted by atomic mass is 10.1. The molecule has 0 aliphatic carbocycles. The summed E-state index contributed by atoms with van der Waals surface area (Å²) in [7, 11) is 0. The van der Waals surface area contributed by atoms with E-state index in [9.17, 15) is 0 Å². The maximum absolute atomic E-state index is 6.14. The Labute approximate surface area is 135 Å². The fourth-order valence-electron chi connectivity index (χ4n) is 2.42. The van der Waals surface area contributed by atoms with Gasteiger partial charge in [-0.15, -0.1) is 0 Å². The molecule has 0 spiro atoms. The summed E-state index contributed by atoms with van der Waals surface area (Å²) in [5, 5.41) is 4.02. The number of rotatable bonds is 3. The van der Waals surface area contributed by atoms with Gasteiger partial charge < -0.3 is 10.1 Å². The van der Waals surface area contributed by atoms with E-state index < -0.39 is 0 Å². The zero-order valence-electron chi connectivity index (χ0n) is 11.6. The van der Waals surface area contributed by atoms with E-state index in [2.05, 4.69) is 11.4 Å². The first-order valence-electron chi connectivity index (χ1n) is 7.01. The molecule has 0 atom stereocenters. The molecule has 0 amide bonds. The number of hydrogen-bond acceptors (Lipinski definition) is 2. The Bertz CT molecular complexity index is 672. The summed E-state index contributed by atoms with van der Waals surface area (Å²) in [4.78, 5) is 0.915. The van der Waals surface area contributed by atoms with Gasteiger partial charge in [0.25, 0.3) is 0 Å². The molecule has 21 heavy (non-hydrogen) atoms. The largest absolute Gasteiger partial charge is 0.489 e. The number of halogens is 1. The van der Waals surface area contributed by atoms with Gasteiger partial charge >= 0.3 is 0 Å². The molecule has 1 N–H and O–H groups in total. The molecule has 1 heterocycles. The number of thiocarbonyl (C=S) groups is 1. The zero-order chi connectivity index (χ0) is 14.7. The Morgan fingerprint density at radius 2 is 2.00 bits per heavy atom. The molecule has 108 valence electrons. The Hall–Kier alpha value is -1.58. The Morgan fingerprint density at radius 3 is 2.86 bits per heavy atom. The highest BCUT2D eigenvalue weighted by Gasteiger charge is 2.11. The van der Waals surface area contributed by atoms with Gasteiger partial charge in [-0.1, -0.05) is 42.0 Å². The standard InChI is InChI=1S/C17H16ClNOS/c18-15-6-2-1-4-13(15)11-20-14-8-9-16-12(10-14)5-3-7-17(21)19-16/h1-2,4,6,8-10H,3,5,7,11H2,(H,19,21). The van der Waals surface area contributed by atoms with Crippen molar-refractivity contribution in [1.29, 1.82) is 0 Å². The first-order valence-corrected chi connectivity index (χ1v) is 7.80. The molecule has 2 nitrogen and oxygen atoms in total. The normalized spacial score (nSPS) is 14.0. The fourth-order valence-corrected chi connectivity index (χ4v) is 2.86. The van der Waals surface area contributed by atoms with Gasteiger partial charge in [0.1, 0.15) is 12.4 Å². The molecule has 0 unspecified atom stereocenters. The third-order valence-corrected chi connectivity index (χ3v) is 4.23. The molecule has 0 bridgehead atoms. The predicted molar refractivity (Wildman–Crippen MR) is 91.4 cm³/mol. The van der Waals surface area contributed by atoms with Crippen molar-refractivity contribution >= 4 is 34.5 Å². The fraction of sp³-hybridized carbons (Fsp3) is 0.235. The van der Waals surface area contributed by atoms with Crippen molar-refractivity contribution in [3.63, 3.8) is 0 Å². The van der Waals surface area contributed by atoms with Crippen LogP contribution >= 0.6 is 23.8 Å². The Morgan fingerprint density at radius 1 is 1.14 bits per heavy atom. The lowest BCUT2D eigenvalue weighted by molar-refractivity contribution is 0.306. The highest BCUT2D eigenvalue weighted by atomic mass is 35.5. The third kappa shape index (κ3) is 3.55. The van der Waals surface area contributed by atoms with Gasteiger partial charge in [0.05, 0.1) is 4.99 Å². The van der Waals surface area contributed by atoms with E-state index >= 15 is 0 Å². The van der Waals surface area contributed by atoms with Crippen LogP contribution in [0.2, 0.25) is 5.02 Å². The minimum Gasteiger partial charge on any atom is -0.489 e. The number of hydrogen-bond donors (Lipinski definition) is 1. The summed E-state index contributed by atoms with van der Waals surface area (Å²) in [6.45, 7) is 0.476. The second kappa shape index (κ2) is 6.46. The molecular formula is C17H16ClNOS. The van der Waals surface area contributed by atoms with Gasteiger partial charge in [-0.3, -0.25) is 0 Å². The smallest absolute Gasteiger partial charge is 0.120 e. The van der Waals surface area contributed by atoms with Crippen LogP contribution in [0.4, 0.5) is 5.69 Å². The summed E-state index contributed by atoms with van der Waals surface area (Å²) in [5.74, 6) is 0.864. The van der Waals surface area contributed by atoms with Gasteiger partial charge in [0.15, 0.2) is 0 Å². The quantitative estimate of drug-likeness (QED) is 0.805. The maximum atomic E-state index is 6.14. The number of ether oxygens (including phenoxy) is 1. The van der Waals surface area contributed by atoms with E-state index in [4.69, 9.17) is 28.6 Å². The van der Waals surface area contributed by atoms with Crippen molar-refractivity contribution in [3.05, 3.63) is 58.6 Å². The van der Waals surface area contributed by atoms with Gasteiger partial charge in [-0.2, -0.15) is 0 Å².